The highest BCUT2D eigenvalue weighted by Gasteiger charge is 2.06. The smallest absolute Gasteiger partial charge is 0.0723 e. The quantitative estimate of drug-likeness (QED) is 0.566. The second kappa shape index (κ2) is 6.93. The highest BCUT2D eigenvalue weighted by atomic mass is 14.9. The van der Waals surface area contributed by atoms with Crippen molar-refractivity contribution in [3.8, 4) is 11.3 Å². The van der Waals surface area contributed by atoms with E-state index in [1.165, 1.54) is 11.3 Å². The van der Waals surface area contributed by atoms with E-state index in [2.05, 4.69) is 66.4 Å². The van der Waals surface area contributed by atoms with Gasteiger partial charge in [-0.25, -0.2) is 0 Å². The number of nitrogens with zero attached hydrogens (tertiary/aromatic N) is 2. The first-order valence-corrected chi connectivity index (χ1v) is 7.76. The fraction of sp³-hybridized carbons (Fsp3) is 0.0952. The Balaban J connectivity index is 1.96. The first kappa shape index (κ1) is 15.0. The zero-order valence-corrected chi connectivity index (χ0v) is 13.5. The Morgan fingerprint density at radius 3 is 2.35 bits per heavy atom. The Morgan fingerprint density at radius 2 is 1.65 bits per heavy atom. The van der Waals surface area contributed by atoms with Gasteiger partial charge in [0.1, 0.15) is 0 Å². The van der Waals surface area contributed by atoms with Gasteiger partial charge in [0, 0.05) is 30.7 Å². The molecule has 3 aromatic rings. The number of benzene rings is 2. The molecule has 0 aliphatic carbocycles. The van der Waals surface area contributed by atoms with Gasteiger partial charge in [-0.3, -0.25) is 4.99 Å². The second-order valence-corrected chi connectivity index (χ2v) is 5.39. The minimum absolute atomic E-state index is 0.976. The standard InChI is InChI=1S/C21H20N2/c1-3-17(18-10-5-4-6-11-18)16-22-20-13-8-7-12-19(20)21-14-9-15-23(21)2/h3-16H,1-2H3/b17-3+,22-16?. The van der Waals surface area contributed by atoms with Gasteiger partial charge in [-0.2, -0.15) is 0 Å². The number of para-hydroxylation sites is 1. The Kier molecular flexibility index (Phi) is 4.53. The molecule has 0 aliphatic heterocycles. The van der Waals surface area contributed by atoms with E-state index in [9.17, 15) is 0 Å². The van der Waals surface area contributed by atoms with Crippen LogP contribution in [0.4, 0.5) is 5.69 Å². The third kappa shape index (κ3) is 3.32. The van der Waals surface area contributed by atoms with E-state index in [1.807, 2.05) is 37.4 Å². The van der Waals surface area contributed by atoms with Crippen LogP contribution in [0.2, 0.25) is 0 Å². The second-order valence-electron chi connectivity index (χ2n) is 5.39. The van der Waals surface area contributed by atoms with E-state index in [4.69, 9.17) is 4.99 Å². The van der Waals surface area contributed by atoms with E-state index < -0.39 is 0 Å². The molecule has 0 fully saturated rings. The summed E-state index contributed by atoms with van der Waals surface area (Å²) in [5.41, 5.74) is 5.58. The summed E-state index contributed by atoms with van der Waals surface area (Å²) < 4.78 is 2.11. The van der Waals surface area contributed by atoms with Gasteiger partial charge in [-0.1, -0.05) is 54.6 Å². The van der Waals surface area contributed by atoms with Gasteiger partial charge in [0.15, 0.2) is 0 Å². The first-order valence-electron chi connectivity index (χ1n) is 7.76. The predicted molar refractivity (Wildman–Crippen MR) is 99.1 cm³/mol. The van der Waals surface area contributed by atoms with Crippen molar-refractivity contribution in [2.24, 2.45) is 12.0 Å². The Hall–Kier alpha value is -2.87. The van der Waals surface area contributed by atoms with Crippen molar-refractivity contribution < 1.29 is 0 Å². The van der Waals surface area contributed by atoms with Crippen LogP contribution in [0, 0.1) is 0 Å². The van der Waals surface area contributed by atoms with Crippen LogP contribution in [0.25, 0.3) is 16.8 Å². The van der Waals surface area contributed by atoms with Crippen LogP contribution in [-0.4, -0.2) is 10.8 Å². The zero-order chi connectivity index (χ0) is 16.1. The summed E-state index contributed by atoms with van der Waals surface area (Å²) >= 11 is 0. The molecular formula is C21H20N2. The molecule has 0 saturated heterocycles. The summed E-state index contributed by atoms with van der Waals surface area (Å²) in [7, 11) is 2.05. The molecule has 0 N–H and O–H groups in total. The van der Waals surface area contributed by atoms with Crippen molar-refractivity contribution in [2.45, 2.75) is 6.92 Å². The van der Waals surface area contributed by atoms with Crippen molar-refractivity contribution in [3.05, 3.63) is 84.6 Å². The fourth-order valence-electron chi connectivity index (χ4n) is 2.63. The molecule has 3 rings (SSSR count). The molecule has 2 aromatic carbocycles. The maximum Gasteiger partial charge on any atom is 0.0723 e. The molecule has 2 nitrogen and oxygen atoms in total. The van der Waals surface area contributed by atoms with Gasteiger partial charge in [-0.05, 0) is 36.3 Å². The number of hydrogen-bond acceptors (Lipinski definition) is 1. The van der Waals surface area contributed by atoms with Gasteiger partial charge >= 0.3 is 0 Å². The molecule has 0 bridgehead atoms. The molecular weight excluding hydrogens is 280 g/mol. The monoisotopic (exact) mass is 300 g/mol. The van der Waals surface area contributed by atoms with Gasteiger partial charge in [-0.15, -0.1) is 0 Å². The van der Waals surface area contributed by atoms with Crippen LogP contribution >= 0.6 is 0 Å². The molecule has 0 unspecified atom stereocenters. The largest absolute Gasteiger partial charge is 0.351 e. The summed E-state index contributed by atoms with van der Waals surface area (Å²) in [5.74, 6) is 0. The lowest BCUT2D eigenvalue weighted by Crippen LogP contribution is -1.90. The van der Waals surface area contributed by atoms with E-state index in [1.54, 1.807) is 0 Å². The van der Waals surface area contributed by atoms with Gasteiger partial charge in [0.05, 0.1) is 5.69 Å². The number of allylic oxidation sites excluding steroid dienone is 2. The summed E-state index contributed by atoms with van der Waals surface area (Å²) in [6.07, 6.45) is 6.08. The summed E-state index contributed by atoms with van der Waals surface area (Å²) in [6.45, 7) is 2.04. The molecule has 0 spiro atoms. The van der Waals surface area contributed by atoms with Gasteiger partial charge < -0.3 is 4.57 Å². The summed E-state index contributed by atoms with van der Waals surface area (Å²) in [5, 5.41) is 0. The van der Waals surface area contributed by atoms with E-state index in [0.717, 1.165) is 16.8 Å². The molecule has 1 aromatic heterocycles. The van der Waals surface area contributed by atoms with Crippen LogP contribution in [0.15, 0.2) is 84.0 Å². The highest BCUT2D eigenvalue weighted by Crippen LogP contribution is 2.30. The summed E-state index contributed by atoms with van der Waals surface area (Å²) in [6, 6.07) is 22.7. The number of hydrogen-bond donors (Lipinski definition) is 0. The lowest BCUT2D eigenvalue weighted by molar-refractivity contribution is 0.937. The average Bonchev–Trinajstić information content (AvgIpc) is 3.03. The Morgan fingerprint density at radius 1 is 0.913 bits per heavy atom. The maximum atomic E-state index is 4.74. The molecule has 114 valence electrons. The number of aromatic nitrogens is 1. The molecule has 23 heavy (non-hydrogen) atoms. The lowest BCUT2D eigenvalue weighted by atomic mass is 10.1. The van der Waals surface area contributed by atoms with E-state index >= 15 is 0 Å². The normalized spacial score (nSPS) is 12.0. The summed E-state index contributed by atoms with van der Waals surface area (Å²) in [4.78, 5) is 4.74. The van der Waals surface area contributed by atoms with Crippen LogP contribution in [0.1, 0.15) is 12.5 Å². The van der Waals surface area contributed by atoms with Crippen molar-refractivity contribution in [2.75, 3.05) is 0 Å². The van der Waals surface area contributed by atoms with Gasteiger partial charge in [0.2, 0.25) is 0 Å². The Labute approximate surface area is 137 Å². The molecule has 0 amide bonds. The minimum Gasteiger partial charge on any atom is -0.351 e. The predicted octanol–water partition coefficient (Wildman–Crippen LogP) is 5.50. The molecule has 1 heterocycles. The zero-order valence-electron chi connectivity index (χ0n) is 13.5. The fourth-order valence-corrected chi connectivity index (χ4v) is 2.63. The van der Waals surface area contributed by atoms with E-state index in [0.29, 0.717) is 0 Å². The van der Waals surface area contributed by atoms with Crippen molar-refractivity contribution in [1.29, 1.82) is 0 Å². The minimum atomic E-state index is 0.976. The highest BCUT2D eigenvalue weighted by molar-refractivity contribution is 6.10. The number of aliphatic imine (C=N–C) groups is 1. The van der Waals surface area contributed by atoms with Crippen molar-refractivity contribution in [3.63, 3.8) is 0 Å². The molecule has 0 atom stereocenters. The first-order chi connectivity index (χ1) is 11.3. The third-order valence-electron chi connectivity index (χ3n) is 3.88. The number of aryl methyl sites for hydroxylation is 1. The van der Waals surface area contributed by atoms with E-state index in [-0.39, 0.29) is 0 Å². The van der Waals surface area contributed by atoms with Crippen LogP contribution < -0.4 is 0 Å². The molecule has 0 radical (unpaired) electrons. The third-order valence-corrected chi connectivity index (χ3v) is 3.88. The van der Waals surface area contributed by atoms with Crippen molar-refractivity contribution >= 4 is 17.5 Å². The molecule has 0 aliphatic rings. The van der Waals surface area contributed by atoms with Crippen molar-refractivity contribution in [1.82, 2.24) is 4.57 Å². The van der Waals surface area contributed by atoms with Crippen LogP contribution in [0.5, 0.6) is 0 Å². The lowest BCUT2D eigenvalue weighted by Gasteiger charge is -2.07. The van der Waals surface area contributed by atoms with Crippen LogP contribution in [-0.2, 0) is 7.05 Å². The molecule has 2 heteroatoms. The maximum absolute atomic E-state index is 4.74. The molecule has 0 saturated carbocycles. The van der Waals surface area contributed by atoms with Gasteiger partial charge in [0.25, 0.3) is 0 Å². The average molecular weight is 300 g/mol. The Bertz CT molecular complexity index is 839. The van der Waals surface area contributed by atoms with Crippen LogP contribution in [0.3, 0.4) is 0 Å². The number of rotatable bonds is 4. The SMILES string of the molecule is C/C=C(\C=Nc1ccccc1-c1cccn1C)c1ccccc1. The topological polar surface area (TPSA) is 17.3 Å².